The first kappa shape index (κ1) is 23.7. The van der Waals surface area contributed by atoms with Crippen LogP contribution in [0.5, 0.6) is 0 Å². The number of likely N-dealkylation sites (tertiary alicyclic amines) is 2. The third-order valence-corrected chi connectivity index (χ3v) is 9.18. The van der Waals surface area contributed by atoms with Crippen molar-refractivity contribution < 1.29 is 31.1 Å². The van der Waals surface area contributed by atoms with Gasteiger partial charge in [-0.05, 0) is 43.4 Å². The topological polar surface area (TPSA) is 108 Å². The Hall–Kier alpha value is -2.67. The zero-order chi connectivity index (χ0) is 25.3. The predicted octanol–water partition coefficient (Wildman–Crippen LogP) is 3.18. The maximum absolute atomic E-state index is 12.7. The fourth-order valence-corrected chi connectivity index (χ4v) is 6.11. The SMILES string of the molecule is O=C(N1CC(OCc2ccc(S(=O)(=O)C(F)(F)F)cc2)C1)N1CC2(CC(c3n[nH]c(C4CC4)n3)C2)C1. The van der Waals surface area contributed by atoms with E-state index in [9.17, 15) is 26.4 Å². The maximum atomic E-state index is 12.7. The van der Waals surface area contributed by atoms with Crippen molar-refractivity contribution in [3.63, 3.8) is 0 Å². The minimum absolute atomic E-state index is 0.000417. The Morgan fingerprint density at radius 1 is 1.08 bits per heavy atom. The van der Waals surface area contributed by atoms with Crippen molar-refractivity contribution in [1.29, 1.82) is 0 Å². The van der Waals surface area contributed by atoms with Gasteiger partial charge in [-0.1, -0.05) is 12.1 Å². The fraction of sp³-hybridized carbons (Fsp3) is 0.609. The van der Waals surface area contributed by atoms with Crippen molar-refractivity contribution in [2.24, 2.45) is 5.41 Å². The number of halogens is 3. The van der Waals surface area contributed by atoms with Crippen molar-refractivity contribution in [3.05, 3.63) is 41.5 Å². The second-order valence-corrected chi connectivity index (χ2v) is 12.5. The van der Waals surface area contributed by atoms with E-state index in [0.29, 0.717) is 30.5 Å². The summed E-state index contributed by atoms with van der Waals surface area (Å²) in [5.74, 6) is 2.85. The number of carbonyl (C=O) groups is 1. The lowest BCUT2D eigenvalue weighted by molar-refractivity contribution is -0.0827. The number of sulfone groups is 1. The molecule has 2 saturated carbocycles. The van der Waals surface area contributed by atoms with Gasteiger partial charge in [0.1, 0.15) is 5.82 Å². The molecule has 6 rings (SSSR count). The summed E-state index contributed by atoms with van der Waals surface area (Å²) in [6.07, 6.45) is 4.23. The highest BCUT2D eigenvalue weighted by Crippen LogP contribution is 2.55. The van der Waals surface area contributed by atoms with Gasteiger partial charge in [0, 0.05) is 30.3 Å². The molecule has 4 aliphatic rings. The molecule has 3 heterocycles. The molecule has 0 bridgehead atoms. The summed E-state index contributed by atoms with van der Waals surface area (Å²) in [5.41, 5.74) is -4.59. The molecule has 194 valence electrons. The first-order valence-corrected chi connectivity index (χ1v) is 13.5. The molecule has 13 heteroatoms. The van der Waals surface area contributed by atoms with E-state index in [2.05, 4.69) is 15.2 Å². The number of carbonyl (C=O) groups excluding carboxylic acids is 1. The number of hydrogen-bond donors (Lipinski definition) is 1. The van der Waals surface area contributed by atoms with Crippen LogP contribution in [0.4, 0.5) is 18.0 Å². The number of alkyl halides is 3. The molecule has 2 saturated heterocycles. The van der Waals surface area contributed by atoms with Crippen LogP contribution in [0.1, 0.15) is 54.7 Å². The number of nitrogens with zero attached hydrogens (tertiary/aromatic N) is 4. The Morgan fingerprint density at radius 3 is 2.36 bits per heavy atom. The summed E-state index contributed by atoms with van der Waals surface area (Å²) >= 11 is 0. The van der Waals surface area contributed by atoms with Crippen molar-refractivity contribution in [2.75, 3.05) is 26.2 Å². The molecule has 36 heavy (non-hydrogen) atoms. The summed E-state index contributed by atoms with van der Waals surface area (Å²) < 4.78 is 66.5. The van der Waals surface area contributed by atoms with Crippen LogP contribution in [0.3, 0.4) is 0 Å². The Kier molecular flexibility index (Phi) is 5.38. The zero-order valence-electron chi connectivity index (χ0n) is 19.4. The van der Waals surface area contributed by atoms with Gasteiger partial charge in [-0.25, -0.2) is 18.2 Å². The third-order valence-electron chi connectivity index (χ3n) is 7.67. The largest absolute Gasteiger partial charge is 0.501 e. The molecule has 2 aliphatic heterocycles. The number of ether oxygens (including phenoxy) is 1. The molecular formula is C23H26F3N5O4S. The van der Waals surface area contributed by atoms with E-state index < -0.39 is 20.2 Å². The molecule has 0 atom stereocenters. The highest BCUT2D eigenvalue weighted by Gasteiger charge is 2.56. The van der Waals surface area contributed by atoms with Crippen LogP contribution in [-0.4, -0.2) is 77.2 Å². The molecule has 1 N–H and O–H groups in total. The van der Waals surface area contributed by atoms with Gasteiger partial charge >= 0.3 is 11.5 Å². The van der Waals surface area contributed by atoms with E-state index in [1.165, 1.54) is 25.0 Å². The average Bonchev–Trinajstić information content (AvgIpc) is 3.48. The Morgan fingerprint density at radius 2 is 1.75 bits per heavy atom. The van der Waals surface area contributed by atoms with Crippen LogP contribution in [0, 0.1) is 5.41 Å². The van der Waals surface area contributed by atoms with Crippen LogP contribution < -0.4 is 0 Å². The Balaban J connectivity index is 0.913. The van der Waals surface area contributed by atoms with E-state index in [1.54, 1.807) is 4.90 Å². The smallest absolute Gasteiger partial charge is 0.370 e. The lowest BCUT2D eigenvalue weighted by Gasteiger charge is -2.59. The van der Waals surface area contributed by atoms with Gasteiger partial charge in [-0.3, -0.25) is 5.10 Å². The molecule has 1 aromatic heterocycles. The second kappa shape index (κ2) is 8.17. The van der Waals surface area contributed by atoms with Crippen molar-refractivity contribution in [1.82, 2.24) is 25.0 Å². The first-order valence-electron chi connectivity index (χ1n) is 12.0. The third kappa shape index (κ3) is 4.15. The summed E-state index contributed by atoms with van der Waals surface area (Å²) in [4.78, 5) is 20.2. The number of hydrogen-bond acceptors (Lipinski definition) is 6. The highest BCUT2D eigenvalue weighted by atomic mass is 32.2. The summed E-state index contributed by atoms with van der Waals surface area (Å²) in [5, 5.41) is 7.46. The van der Waals surface area contributed by atoms with Gasteiger partial charge in [-0.15, -0.1) is 0 Å². The highest BCUT2D eigenvalue weighted by molar-refractivity contribution is 7.92. The van der Waals surface area contributed by atoms with Crippen molar-refractivity contribution in [3.8, 4) is 0 Å². The van der Waals surface area contributed by atoms with E-state index in [1.807, 2.05) is 4.90 Å². The molecule has 0 unspecified atom stereocenters. The van der Waals surface area contributed by atoms with Gasteiger partial charge < -0.3 is 14.5 Å². The molecule has 2 aliphatic carbocycles. The summed E-state index contributed by atoms with van der Waals surface area (Å²) in [7, 11) is -5.36. The number of rotatable bonds is 6. The minimum Gasteiger partial charge on any atom is -0.370 e. The molecule has 4 fully saturated rings. The second-order valence-electron chi connectivity index (χ2n) is 10.5. The van der Waals surface area contributed by atoms with Gasteiger partial charge in [0.25, 0.3) is 9.84 Å². The fourth-order valence-electron chi connectivity index (χ4n) is 5.35. The lowest BCUT2D eigenvalue weighted by atomic mass is 9.57. The molecule has 1 aromatic carbocycles. The standard InChI is InChI=1S/C23H26F3N5O4S/c24-23(25,26)36(33,34)18-5-1-14(2-6-18)11-35-17-9-30(10-17)21(32)31-12-22(13-31)7-16(8-22)20-27-19(28-29-20)15-3-4-15/h1-2,5-6,15-17H,3-4,7-13H2,(H,27,28,29). The van der Waals surface area contributed by atoms with Gasteiger partial charge in [0.15, 0.2) is 5.82 Å². The number of nitrogens with one attached hydrogen (secondary N) is 1. The molecule has 1 spiro atoms. The summed E-state index contributed by atoms with van der Waals surface area (Å²) in [6.45, 7) is 2.52. The summed E-state index contributed by atoms with van der Waals surface area (Å²) in [6, 6.07) is 4.46. The van der Waals surface area contributed by atoms with E-state index in [0.717, 1.165) is 49.7 Å². The van der Waals surface area contributed by atoms with Crippen LogP contribution in [0.25, 0.3) is 0 Å². The van der Waals surface area contributed by atoms with Crippen LogP contribution in [0.2, 0.25) is 0 Å². The molecule has 2 amide bonds. The molecule has 0 radical (unpaired) electrons. The van der Waals surface area contributed by atoms with Crippen LogP contribution in [0.15, 0.2) is 29.2 Å². The van der Waals surface area contributed by atoms with E-state index >= 15 is 0 Å². The number of aromatic nitrogens is 3. The zero-order valence-corrected chi connectivity index (χ0v) is 20.2. The predicted molar refractivity (Wildman–Crippen MR) is 120 cm³/mol. The Bertz CT molecular complexity index is 1260. The number of amides is 2. The minimum atomic E-state index is -5.36. The van der Waals surface area contributed by atoms with E-state index in [4.69, 9.17) is 4.74 Å². The first-order chi connectivity index (χ1) is 17.0. The van der Waals surface area contributed by atoms with Gasteiger partial charge in [0.2, 0.25) is 0 Å². The normalized spacial score (nSPS) is 22.3. The van der Waals surface area contributed by atoms with Crippen LogP contribution >= 0.6 is 0 Å². The number of urea groups is 1. The average molecular weight is 526 g/mol. The lowest BCUT2D eigenvalue weighted by Crippen LogP contribution is -2.68. The van der Waals surface area contributed by atoms with Crippen molar-refractivity contribution in [2.45, 2.75) is 60.6 Å². The molecular weight excluding hydrogens is 499 g/mol. The van der Waals surface area contributed by atoms with E-state index in [-0.39, 0.29) is 24.2 Å². The Labute approximate surface area is 205 Å². The maximum Gasteiger partial charge on any atom is 0.501 e. The van der Waals surface area contributed by atoms with Crippen molar-refractivity contribution >= 4 is 15.9 Å². The monoisotopic (exact) mass is 525 g/mol. The van der Waals surface area contributed by atoms with Gasteiger partial charge in [-0.2, -0.15) is 18.3 Å². The van der Waals surface area contributed by atoms with Crippen LogP contribution in [-0.2, 0) is 21.2 Å². The van der Waals surface area contributed by atoms with Gasteiger partial charge in [0.05, 0.1) is 30.7 Å². The number of benzene rings is 1. The number of aromatic amines is 1. The molecule has 9 nitrogen and oxygen atoms in total. The number of H-pyrrole nitrogens is 1. The quantitative estimate of drug-likeness (QED) is 0.621. The molecule has 2 aromatic rings.